The Morgan fingerprint density at radius 1 is 1.10 bits per heavy atom. The molecule has 2 saturated carbocycles. The molecular weight excluding hydrogens is 573 g/mol. The number of carbonyl (C=O) groups is 2. The normalized spacial score (nSPS) is 23.6. The first kappa shape index (κ1) is 30.3. The van der Waals surface area contributed by atoms with Crippen LogP contribution in [0.4, 0.5) is 0 Å². The van der Waals surface area contributed by atoms with Gasteiger partial charge in [-0.05, 0) is 91.7 Å². The van der Waals surface area contributed by atoms with Crippen molar-refractivity contribution in [2.75, 3.05) is 6.54 Å². The Labute approximate surface area is 257 Å². The lowest BCUT2D eigenvalue weighted by atomic mass is 9.69. The van der Waals surface area contributed by atoms with Crippen molar-refractivity contribution in [2.24, 2.45) is 38.9 Å². The van der Waals surface area contributed by atoms with E-state index in [0.717, 1.165) is 44.1 Å². The van der Waals surface area contributed by atoms with Crippen LogP contribution in [0.15, 0.2) is 52.6 Å². The van der Waals surface area contributed by atoms with E-state index in [1.165, 1.54) is 0 Å². The zero-order valence-electron chi connectivity index (χ0n) is 24.3. The molecule has 3 aliphatic rings. The van der Waals surface area contributed by atoms with E-state index < -0.39 is 5.66 Å². The van der Waals surface area contributed by atoms with Crippen LogP contribution < -0.4 is 22.4 Å². The fourth-order valence-electron chi connectivity index (χ4n) is 6.45. The number of amidine groups is 1. The number of hydrogen-bond acceptors (Lipinski definition) is 6. The van der Waals surface area contributed by atoms with Crippen LogP contribution in [-0.4, -0.2) is 40.5 Å². The van der Waals surface area contributed by atoms with Crippen molar-refractivity contribution in [1.82, 2.24) is 15.8 Å². The summed E-state index contributed by atoms with van der Waals surface area (Å²) < 4.78 is 0. The third-order valence-corrected chi connectivity index (χ3v) is 9.27. The first-order valence-corrected chi connectivity index (χ1v) is 15.2. The highest BCUT2D eigenvalue weighted by Crippen LogP contribution is 2.54. The molecule has 5 rings (SSSR count). The number of hydrogen-bond donors (Lipinski definition) is 4. The molecular formula is C31H39Cl2N7O2. The Morgan fingerprint density at radius 3 is 2.26 bits per heavy atom. The summed E-state index contributed by atoms with van der Waals surface area (Å²) >= 11 is 12.7. The largest absolute Gasteiger partial charge is 0.384 e. The quantitative estimate of drug-likeness (QED) is 0.141. The zero-order valence-corrected chi connectivity index (χ0v) is 25.8. The van der Waals surface area contributed by atoms with Crippen LogP contribution in [-0.2, 0) is 4.79 Å². The van der Waals surface area contributed by atoms with Gasteiger partial charge in [-0.1, -0.05) is 56.1 Å². The maximum absolute atomic E-state index is 14.4. The van der Waals surface area contributed by atoms with E-state index in [2.05, 4.69) is 41.6 Å². The minimum Gasteiger partial charge on any atom is -0.384 e. The van der Waals surface area contributed by atoms with Crippen molar-refractivity contribution < 1.29 is 9.59 Å². The lowest BCUT2D eigenvalue weighted by Crippen LogP contribution is -2.52. The SMILES string of the molecule is CC(C)(C)C1CCC2(CC1)N=C(c1cc(Cl)cc(Cl)c1)C(=O)N2[C@@H](c1ccc(C(=O)NCC(N)=NNN)cc1)C1CC1. The standard InChI is InChI=1S/C31H39Cl2N7O2/c1-30(2,3)22-10-12-31(13-11-22)37-26(21-14-23(32)16-24(33)15-21)29(42)40(31)27(18-4-5-18)19-6-8-20(9-7-19)28(41)36-17-25(34)38-39-35/h6-9,14-16,18,22,27,39H,4-5,10-13,17,35H2,1-3H3,(H2,34,38)(H,36,41)/t22?,27-,31?/m1/s1. The Morgan fingerprint density at radius 2 is 1.71 bits per heavy atom. The van der Waals surface area contributed by atoms with Crippen molar-refractivity contribution in [3.05, 3.63) is 69.2 Å². The van der Waals surface area contributed by atoms with Gasteiger partial charge in [0.1, 0.15) is 17.2 Å². The van der Waals surface area contributed by atoms with E-state index in [1.54, 1.807) is 30.3 Å². The molecule has 2 aromatic carbocycles. The molecule has 2 aromatic rings. The molecule has 11 heteroatoms. The number of benzene rings is 2. The molecule has 0 bridgehead atoms. The van der Waals surface area contributed by atoms with Gasteiger partial charge in [-0.3, -0.25) is 14.6 Å². The van der Waals surface area contributed by atoms with E-state index in [0.29, 0.717) is 38.7 Å². The van der Waals surface area contributed by atoms with Crippen LogP contribution >= 0.6 is 23.2 Å². The van der Waals surface area contributed by atoms with Gasteiger partial charge in [0.2, 0.25) is 0 Å². The molecule has 0 unspecified atom stereocenters. The van der Waals surface area contributed by atoms with E-state index >= 15 is 0 Å². The Balaban J connectivity index is 1.48. The number of hydrazone groups is 1. The Kier molecular flexibility index (Phi) is 8.56. The molecule has 1 spiro atoms. The number of amides is 2. The lowest BCUT2D eigenvalue weighted by Gasteiger charge is -2.47. The summed E-state index contributed by atoms with van der Waals surface area (Å²) in [7, 11) is 0. The highest BCUT2D eigenvalue weighted by molar-refractivity contribution is 6.47. The number of nitrogens with zero attached hydrogens (tertiary/aromatic N) is 3. The smallest absolute Gasteiger partial charge is 0.275 e. The van der Waals surface area contributed by atoms with Gasteiger partial charge in [0, 0.05) is 21.2 Å². The topological polar surface area (TPSA) is 138 Å². The molecule has 0 saturated heterocycles. The highest BCUT2D eigenvalue weighted by atomic mass is 35.5. The molecule has 1 atom stereocenters. The number of hydrazine groups is 1. The maximum Gasteiger partial charge on any atom is 0.275 e. The summed E-state index contributed by atoms with van der Waals surface area (Å²) in [6.45, 7) is 6.92. The Hall–Kier alpha value is -3.14. The summed E-state index contributed by atoms with van der Waals surface area (Å²) in [5.74, 6) is 5.80. The molecule has 9 nitrogen and oxygen atoms in total. The third kappa shape index (κ3) is 6.28. The van der Waals surface area contributed by atoms with Gasteiger partial charge in [0.15, 0.2) is 0 Å². The minimum absolute atomic E-state index is 0.0590. The van der Waals surface area contributed by atoms with Gasteiger partial charge in [-0.2, -0.15) is 5.10 Å². The van der Waals surface area contributed by atoms with Crippen LogP contribution in [0, 0.1) is 17.3 Å². The second kappa shape index (κ2) is 11.9. The fraction of sp³-hybridized carbons (Fsp3) is 0.484. The van der Waals surface area contributed by atoms with Crippen molar-refractivity contribution in [3.63, 3.8) is 0 Å². The average Bonchev–Trinajstić information content (AvgIpc) is 3.74. The van der Waals surface area contributed by atoms with E-state index in [4.69, 9.17) is 39.8 Å². The molecule has 2 fully saturated rings. The summed E-state index contributed by atoms with van der Waals surface area (Å²) in [5.41, 5.74) is 9.90. The van der Waals surface area contributed by atoms with Crippen LogP contribution in [0.25, 0.3) is 0 Å². The van der Waals surface area contributed by atoms with Crippen LogP contribution in [0.1, 0.15) is 86.8 Å². The van der Waals surface area contributed by atoms with Gasteiger partial charge in [0.25, 0.3) is 11.8 Å². The minimum atomic E-state index is -0.639. The number of nitrogens with two attached hydrogens (primary N) is 2. The Bertz CT molecular complexity index is 1390. The van der Waals surface area contributed by atoms with Gasteiger partial charge < -0.3 is 16.0 Å². The molecule has 42 heavy (non-hydrogen) atoms. The van der Waals surface area contributed by atoms with E-state index in [1.807, 2.05) is 12.1 Å². The predicted octanol–water partition coefficient (Wildman–Crippen LogP) is 5.17. The molecule has 2 aliphatic carbocycles. The van der Waals surface area contributed by atoms with Crippen LogP contribution in [0.5, 0.6) is 0 Å². The molecule has 1 aliphatic heterocycles. The second-order valence-electron chi connectivity index (χ2n) is 12.7. The maximum atomic E-state index is 14.4. The van der Waals surface area contributed by atoms with Gasteiger partial charge in [-0.15, -0.1) is 0 Å². The van der Waals surface area contributed by atoms with Crippen molar-refractivity contribution >= 4 is 46.6 Å². The lowest BCUT2D eigenvalue weighted by molar-refractivity contribution is -0.134. The predicted molar refractivity (Wildman–Crippen MR) is 167 cm³/mol. The van der Waals surface area contributed by atoms with Crippen molar-refractivity contribution in [3.8, 4) is 0 Å². The summed E-state index contributed by atoms with van der Waals surface area (Å²) in [6, 6.07) is 12.5. The van der Waals surface area contributed by atoms with Crippen molar-refractivity contribution in [1.29, 1.82) is 0 Å². The zero-order chi connectivity index (χ0) is 30.2. The fourth-order valence-corrected chi connectivity index (χ4v) is 6.97. The third-order valence-electron chi connectivity index (χ3n) is 8.84. The number of carbonyl (C=O) groups excluding carboxylic acids is 2. The van der Waals surface area contributed by atoms with E-state index in [9.17, 15) is 9.59 Å². The van der Waals surface area contributed by atoms with Gasteiger partial charge >= 0.3 is 0 Å². The van der Waals surface area contributed by atoms with Crippen molar-refractivity contribution in [2.45, 2.75) is 71.0 Å². The summed E-state index contributed by atoms with van der Waals surface area (Å²) in [6.07, 6.45) is 5.63. The molecule has 0 radical (unpaired) electrons. The van der Waals surface area contributed by atoms with Gasteiger partial charge in [0.05, 0.1) is 12.6 Å². The first-order valence-electron chi connectivity index (χ1n) is 14.5. The average molecular weight is 613 g/mol. The number of rotatable bonds is 8. The van der Waals surface area contributed by atoms with Gasteiger partial charge in [-0.25, -0.2) is 11.4 Å². The number of halogens is 2. The number of nitrogens with one attached hydrogen (secondary N) is 2. The molecule has 6 N–H and O–H groups in total. The second-order valence-corrected chi connectivity index (χ2v) is 13.6. The van der Waals surface area contributed by atoms with E-state index in [-0.39, 0.29) is 35.7 Å². The summed E-state index contributed by atoms with van der Waals surface area (Å²) in [5, 5.41) is 7.32. The monoisotopic (exact) mass is 611 g/mol. The number of aliphatic imine (C=N–C) groups is 1. The highest BCUT2D eigenvalue weighted by Gasteiger charge is 2.55. The molecule has 2 amide bonds. The van der Waals surface area contributed by atoms with Crippen LogP contribution in [0.3, 0.4) is 0 Å². The van der Waals surface area contributed by atoms with Crippen LogP contribution in [0.2, 0.25) is 10.0 Å². The molecule has 224 valence electrons. The molecule has 1 heterocycles. The first-order chi connectivity index (χ1) is 19.9. The molecule has 0 aromatic heterocycles. The summed E-state index contributed by atoms with van der Waals surface area (Å²) in [4.78, 5) is 34.4.